The average molecular weight is 280 g/mol. The summed E-state index contributed by atoms with van der Waals surface area (Å²) in [6, 6.07) is 12.6. The number of fused-ring (bicyclic) bond motifs is 1. The lowest BCUT2D eigenvalue weighted by Crippen LogP contribution is -1.82. The van der Waals surface area contributed by atoms with Crippen LogP contribution in [0, 0.1) is 3.57 Å². The Balaban J connectivity index is 2.91. The Morgan fingerprint density at radius 2 is 1.85 bits per heavy atom. The van der Waals surface area contributed by atoms with E-state index < -0.39 is 0 Å². The smallest absolute Gasteiger partial charge is 0.0209 e. The van der Waals surface area contributed by atoms with E-state index in [9.17, 15) is 0 Å². The van der Waals surface area contributed by atoms with Crippen LogP contribution in [-0.2, 0) is 0 Å². The maximum atomic E-state index is 3.84. The Bertz CT molecular complexity index is 458. The summed E-state index contributed by atoms with van der Waals surface area (Å²) in [5.74, 6) is 0. The zero-order valence-corrected chi connectivity index (χ0v) is 9.28. The molecule has 2 aromatic rings. The summed E-state index contributed by atoms with van der Waals surface area (Å²) >= 11 is 2.34. The highest BCUT2D eigenvalue weighted by Gasteiger charge is 2.00. The Kier molecular flexibility index (Phi) is 2.36. The van der Waals surface area contributed by atoms with Gasteiger partial charge in [-0.25, -0.2) is 0 Å². The third-order valence-corrected chi connectivity index (χ3v) is 3.06. The average Bonchev–Trinajstić information content (AvgIpc) is 2.18. The van der Waals surface area contributed by atoms with Gasteiger partial charge in [0.2, 0.25) is 0 Å². The molecule has 0 heterocycles. The number of benzene rings is 2. The Morgan fingerprint density at radius 3 is 2.62 bits per heavy atom. The highest BCUT2D eigenvalue weighted by atomic mass is 127. The molecule has 0 spiro atoms. The molecule has 0 fully saturated rings. The second-order valence-electron chi connectivity index (χ2n) is 2.89. The van der Waals surface area contributed by atoms with Crippen molar-refractivity contribution in [3.63, 3.8) is 0 Å². The quantitative estimate of drug-likeness (QED) is 0.690. The number of halogens is 1. The van der Waals surface area contributed by atoms with Crippen molar-refractivity contribution < 1.29 is 0 Å². The molecule has 0 bridgehead atoms. The van der Waals surface area contributed by atoms with Crippen LogP contribution in [0.3, 0.4) is 0 Å². The van der Waals surface area contributed by atoms with E-state index in [2.05, 4.69) is 65.6 Å². The number of hydrogen-bond acceptors (Lipinski definition) is 0. The van der Waals surface area contributed by atoms with Crippen LogP contribution in [0.4, 0.5) is 0 Å². The largest absolute Gasteiger partial charge is 0.0984 e. The van der Waals surface area contributed by atoms with Crippen molar-refractivity contribution >= 4 is 39.4 Å². The fraction of sp³-hybridized carbons (Fsp3) is 0. The Hall–Kier alpha value is -0.830. The third-order valence-electron chi connectivity index (χ3n) is 2.12. The molecule has 2 rings (SSSR count). The molecule has 0 aromatic heterocycles. The predicted molar refractivity (Wildman–Crippen MR) is 66.8 cm³/mol. The first-order valence-electron chi connectivity index (χ1n) is 4.12. The van der Waals surface area contributed by atoms with Gasteiger partial charge in [0.15, 0.2) is 0 Å². The predicted octanol–water partition coefficient (Wildman–Crippen LogP) is 4.09. The first kappa shape index (κ1) is 8.75. The van der Waals surface area contributed by atoms with Crippen LogP contribution in [0.25, 0.3) is 16.8 Å². The fourth-order valence-corrected chi connectivity index (χ4v) is 2.17. The molecule has 64 valence electrons. The molecule has 2 aromatic carbocycles. The van der Waals surface area contributed by atoms with Gasteiger partial charge in [-0.2, -0.15) is 0 Å². The Labute approximate surface area is 91.4 Å². The molecule has 0 aliphatic heterocycles. The van der Waals surface area contributed by atoms with Gasteiger partial charge in [0.05, 0.1) is 0 Å². The van der Waals surface area contributed by atoms with Crippen molar-refractivity contribution in [1.82, 2.24) is 0 Å². The Morgan fingerprint density at radius 1 is 1.08 bits per heavy atom. The molecule has 0 atom stereocenters. The van der Waals surface area contributed by atoms with Crippen LogP contribution in [0.15, 0.2) is 43.0 Å². The first-order chi connectivity index (χ1) is 6.33. The lowest BCUT2D eigenvalue weighted by Gasteiger charge is -2.03. The van der Waals surface area contributed by atoms with Crippen LogP contribution >= 0.6 is 22.6 Å². The van der Waals surface area contributed by atoms with E-state index in [-0.39, 0.29) is 0 Å². The molecule has 0 saturated carbocycles. The summed E-state index contributed by atoms with van der Waals surface area (Å²) in [5, 5.41) is 2.56. The summed E-state index contributed by atoms with van der Waals surface area (Å²) < 4.78 is 1.26. The van der Waals surface area contributed by atoms with Crippen LogP contribution in [0.5, 0.6) is 0 Å². The van der Waals surface area contributed by atoms with Gasteiger partial charge >= 0.3 is 0 Å². The summed E-state index contributed by atoms with van der Waals surface area (Å²) in [7, 11) is 0. The van der Waals surface area contributed by atoms with E-state index in [1.165, 1.54) is 19.9 Å². The van der Waals surface area contributed by atoms with Gasteiger partial charge in [0.25, 0.3) is 0 Å². The molecule has 0 N–H and O–H groups in total. The lowest BCUT2D eigenvalue weighted by molar-refractivity contribution is 1.66. The molecule has 0 radical (unpaired) electrons. The zero-order chi connectivity index (χ0) is 9.26. The van der Waals surface area contributed by atoms with E-state index in [4.69, 9.17) is 0 Å². The van der Waals surface area contributed by atoms with Crippen LogP contribution in [0.1, 0.15) is 5.56 Å². The lowest BCUT2D eigenvalue weighted by atomic mass is 10.1. The van der Waals surface area contributed by atoms with Gasteiger partial charge in [-0.3, -0.25) is 0 Å². The number of rotatable bonds is 1. The van der Waals surface area contributed by atoms with Gasteiger partial charge < -0.3 is 0 Å². The molecule has 0 aliphatic carbocycles. The van der Waals surface area contributed by atoms with Gasteiger partial charge in [-0.15, -0.1) is 0 Å². The topological polar surface area (TPSA) is 0 Å². The van der Waals surface area contributed by atoms with E-state index in [1.54, 1.807) is 0 Å². The molecular weight excluding hydrogens is 271 g/mol. The fourth-order valence-electron chi connectivity index (χ4n) is 1.48. The second kappa shape index (κ2) is 3.50. The summed E-state index contributed by atoms with van der Waals surface area (Å²) in [5.41, 5.74) is 1.23. The van der Waals surface area contributed by atoms with Gasteiger partial charge in [-0.05, 0) is 45.0 Å². The van der Waals surface area contributed by atoms with E-state index in [0.717, 1.165) is 0 Å². The van der Waals surface area contributed by atoms with Crippen molar-refractivity contribution in [2.75, 3.05) is 0 Å². The zero-order valence-electron chi connectivity index (χ0n) is 7.13. The maximum absolute atomic E-state index is 3.84. The van der Waals surface area contributed by atoms with E-state index in [1.807, 2.05) is 6.08 Å². The van der Waals surface area contributed by atoms with E-state index >= 15 is 0 Å². The first-order valence-corrected chi connectivity index (χ1v) is 5.20. The summed E-state index contributed by atoms with van der Waals surface area (Å²) in [4.78, 5) is 0. The monoisotopic (exact) mass is 280 g/mol. The number of hydrogen-bond donors (Lipinski definition) is 0. The maximum Gasteiger partial charge on any atom is 0.0209 e. The molecule has 0 nitrogen and oxygen atoms in total. The van der Waals surface area contributed by atoms with Crippen molar-refractivity contribution in [3.05, 3.63) is 52.1 Å². The van der Waals surface area contributed by atoms with Crippen LogP contribution in [0.2, 0.25) is 0 Å². The minimum Gasteiger partial charge on any atom is -0.0984 e. The second-order valence-corrected chi connectivity index (χ2v) is 4.05. The molecule has 1 heteroatoms. The molecule has 0 amide bonds. The third kappa shape index (κ3) is 1.48. The molecule has 0 unspecified atom stereocenters. The molecule has 13 heavy (non-hydrogen) atoms. The minimum absolute atomic E-state index is 1.23. The highest BCUT2D eigenvalue weighted by Crippen LogP contribution is 2.24. The van der Waals surface area contributed by atoms with Crippen molar-refractivity contribution in [2.24, 2.45) is 0 Å². The van der Waals surface area contributed by atoms with Crippen molar-refractivity contribution in [2.45, 2.75) is 0 Å². The summed E-state index contributed by atoms with van der Waals surface area (Å²) in [6.45, 7) is 3.84. The molecular formula is C12H9I. The van der Waals surface area contributed by atoms with Crippen molar-refractivity contribution in [3.8, 4) is 0 Å². The van der Waals surface area contributed by atoms with Crippen molar-refractivity contribution in [1.29, 1.82) is 0 Å². The SMILES string of the molecule is C=Cc1c(I)ccc2ccccc12. The molecule has 0 aliphatic rings. The minimum atomic E-state index is 1.23. The van der Waals surface area contributed by atoms with Gasteiger partial charge in [0, 0.05) is 3.57 Å². The highest BCUT2D eigenvalue weighted by molar-refractivity contribution is 14.1. The van der Waals surface area contributed by atoms with Gasteiger partial charge in [-0.1, -0.05) is 43.0 Å². The van der Waals surface area contributed by atoms with Crippen LogP contribution < -0.4 is 0 Å². The normalized spacial score (nSPS) is 10.2. The van der Waals surface area contributed by atoms with E-state index in [0.29, 0.717) is 0 Å². The molecule has 0 saturated heterocycles. The standard InChI is InChI=1S/C12H9I/c1-2-10-11-6-4-3-5-9(11)7-8-12(10)13/h2-8H,1H2. The van der Waals surface area contributed by atoms with Gasteiger partial charge in [0.1, 0.15) is 0 Å². The summed E-state index contributed by atoms with van der Waals surface area (Å²) in [6.07, 6.45) is 1.92. The van der Waals surface area contributed by atoms with Crippen LogP contribution in [-0.4, -0.2) is 0 Å².